The van der Waals surface area contributed by atoms with Crippen LogP contribution in [0.25, 0.3) is 11.4 Å². The van der Waals surface area contributed by atoms with Crippen molar-refractivity contribution in [1.29, 1.82) is 5.26 Å². The molecule has 0 aliphatic carbocycles. The van der Waals surface area contributed by atoms with Crippen LogP contribution in [0.15, 0.2) is 48.8 Å². The first-order valence-electron chi connectivity index (χ1n) is 9.03. The van der Waals surface area contributed by atoms with Gasteiger partial charge in [-0.1, -0.05) is 11.3 Å². The van der Waals surface area contributed by atoms with Gasteiger partial charge < -0.3 is 4.74 Å². The van der Waals surface area contributed by atoms with E-state index >= 15 is 0 Å². The molecule has 8 heteroatoms. The lowest BCUT2D eigenvalue weighted by Gasteiger charge is -2.10. The van der Waals surface area contributed by atoms with Crippen molar-refractivity contribution in [1.82, 2.24) is 24.5 Å². The Morgan fingerprint density at radius 3 is 2.76 bits per heavy atom. The molecule has 2 aromatic carbocycles. The number of benzene rings is 2. The zero-order chi connectivity index (χ0) is 20.0. The van der Waals surface area contributed by atoms with Crippen molar-refractivity contribution in [3.63, 3.8) is 0 Å². The zero-order valence-electron chi connectivity index (χ0n) is 15.5. The van der Waals surface area contributed by atoms with Crippen molar-refractivity contribution >= 4 is 0 Å². The van der Waals surface area contributed by atoms with Gasteiger partial charge in [-0.25, -0.2) is 14.1 Å². The first-order valence-corrected chi connectivity index (χ1v) is 9.03. The van der Waals surface area contributed by atoms with Gasteiger partial charge in [-0.3, -0.25) is 4.57 Å². The van der Waals surface area contributed by atoms with Gasteiger partial charge in [-0.05, 0) is 48.9 Å². The summed E-state index contributed by atoms with van der Waals surface area (Å²) in [5.74, 6) is 0.222. The Balaban J connectivity index is 1.60. The summed E-state index contributed by atoms with van der Waals surface area (Å²) in [6, 6.07) is 14.0. The molecule has 0 N–H and O–H groups in total. The molecule has 1 aliphatic rings. The Labute approximate surface area is 165 Å². The lowest BCUT2D eigenvalue weighted by molar-refractivity contribution is 0.299. The Bertz CT molecular complexity index is 1270. The maximum atomic E-state index is 13.1. The summed E-state index contributed by atoms with van der Waals surface area (Å²) < 4.78 is 22.6. The van der Waals surface area contributed by atoms with Gasteiger partial charge in [0.25, 0.3) is 0 Å². The highest BCUT2D eigenvalue weighted by atomic mass is 19.1. The lowest BCUT2D eigenvalue weighted by atomic mass is 10.1. The summed E-state index contributed by atoms with van der Waals surface area (Å²) in [7, 11) is 0. The Kier molecular flexibility index (Phi) is 3.88. The highest BCUT2D eigenvalue weighted by molar-refractivity contribution is 5.58. The number of halogens is 1. The smallest absolute Gasteiger partial charge is 0.162 e. The average Bonchev–Trinajstić information content (AvgIpc) is 3.29. The number of imidazole rings is 1. The summed E-state index contributed by atoms with van der Waals surface area (Å²) in [6.45, 7) is 2.19. The van der Waals surface area contributed by atoms with Gasteiger partial charge in [0.05, 0.1) is 22.8 Å². The molecule has 1 aliphatic heterocycles. The Hall–Kier alpha value is -3.99. The molecule has 4 aromatic rings. The van der Waals surface area contributed by atoms with Crippen molar-refractivity contribution < 1.29 is 9.13 Å². The normalized spacial score (nSPS) is 11.8. The van der Waals surface area contributed by atoms with Crippen LogP contribution in [0.4, 0.5) is 4.39 Å². The number of rotatable bonds is 3. The highest BCUT2D eigenvalue weighted by Gasteiger charge is 2.26. The Morgan fingerprint density at radius 2 is 1.97 bits per heavy atom. The van der Waals surface area contributed by atoms with E-state index < -0.39 is 0 Å². The predicted octanol–water partition coefficient (Wildman–Crippen LogP) is 3.26. The number of fused-ring (bicyclic) bond motifs is 5. The van der Waals surface area contributed by atoms with Gasteiger partial charge in [0.2, 0.25) is 0 Å². The quantitative estimate of drug-likeness (QED) is 0.475. The average molecular weight is 386 g/mol. The van der Waals surface area contributed by atoms with Crippen LogP contribution >= 0.6 is 0 Å². The minimum atomic E-state index is -0.320. The van der Waals surface area contributed by atoms with Crippen LogP contribution in [0.1, 0.15) is 28.3 Å². The largest absolute Gasteiger partial charge is 0.487 e. The second kappa shape index (κ2) is 6.56. The third-order valence-electron chi connectivity index (χ3n) is 4.96. The fraction of sp³-hybridized carbons (Fsp3) is 0.143. The second-order valence-corrected chi connectivity index (χ2v) is 6.83. The number of nitriles is 1. The van der Waals surface area contributed by atoms with E-state index in [0.29, 0.717) is 23.6 Å². The van der Waals surface area contributed by atoms with Crippen molar-refractivity contribution in [2.45, 2.75) is 20.0 Å². The van der Waals surface area contributed by atoms with E-state index in [4.69, 9.17) is 4.74 Å². The molecule has 2 aromatic heterocycles. The number of ether oxygens (including phenoxy) is 1. The molecular weight excluding hydrogens is 371 g/mol. The van der Waals surface area contributed by atoms with E-state index in [1.165, 1.54) is 12.1 Å². The molecule has 0 spiro atoms. The van der Waals surface area contributed by atoms with E-state index in [2.05, 4.69) is 21.4 Å². The fourth-order valence-corrected chi connectivity index (χ4v) is 3.51. The molecule has 0 bridgehead atoms. The minimum Gasteiger partial charge on any atom is -0.487 e. The molecule has 0 saturated carbocycles. The third-order valence-corrected chi connectivity index (χ3v) is 4.96. The summed E-state index contributed by atoms with van der Waals surface area (Å²) in [5, 5.41) is 18.2. The first-order chi connectivity index (χ1) is 14.1. The standard InChI is InChI=1S/C21H15FN6O/c1-13-2-7-18-21(8-13)28-20(9-19-16(10-23)24-12-27(18)19)17(25-26-28)11-29-15-5-3-14(22)4-6-15/h2-8,12H,9,11H2,1H3. The number of nitrogens with zero attached hydrogens (tertiary/aromatic N) is 6. The molecule has 0 saturated heterocycles. The maximum Gasteiger partial charge on any atom is 0.162 e. The van der Waals surface area contributed by atoms with Gasteiger partial charge >= 0.3 is 0 Å². The van der Waals surface area contributed by atoms with Crippen LogP contribution in [0.5, 0.6) is 5.75 Å². The van der Waals surface area contributed by atoms with Crippen LogP contribution in [0.2, 0.25) is 0 Å². The van der Waals surface area contributed by atoms with Crippen molar-refractivity contribution in [2.75, 3.05) is 0 Å². The van der Waals surface area contributed by atoms with Gasteiger partial charge in [-0.15, -0.1) is 5.10 Å². The molecule has 29 heavy (non-hydrogen) atoms. The van der Waals surface area contributed by atoms with Gasteiger partial charge in [0.1, 0.15) is 36.3 Å². The monoisotopic (exact) mass is 386 g/mol. The van der Waals surface area contributed by atoms with E-state index in [1.807, 2.05) is 29.7 Å². The SMILES string of the molecule is Cc1ccc2c(c1)-n1nnc(COc3ccc(F)cc3)c1Cc1c(C#N)ncn1-2. The zero-order valence-corrected chi connectivity index (χ0v) is 15.5. The predicted molar refractivity (Wildman–Crippen MR) is 101 cm³/mol. The summed E-state index contributed by atoms with van der Waals surface area (Å²) in [6.07, 6.45) is 2.10. The molecule has 0 radical (unpaired) electrons. The summed E-state index contributed by atoms with van der Waals surface area (Å²) in [4.78, 5) is 4.25. The maximum absolute atomic E-state index is 13.1. The van der Waals surface area contributed by atoms with Gasteiger partial charge in [0.15, 0.2) is 5.69 Å². The van der Waals surface area contributed by atoms with E-state index in [9.17, 15) is 9.65 Å². The van der Waals surface area contributed by atoms with Crippen LogP contribution in [0.3, 0.4) is 0 Å². The molecule has 0 atom stereocenters. The number of hydrogen-bond acceptors (Lipinski definition) is 5. The van der Waals surface area contributed by atoms with E-state index in [-0.39, 0.29) is 12.4 Å². The van der Waals surface area contributed by atoms with Crippen molar-refractivity contribution in [3.05, 3.63) is 82.9 Å². The molecule has 142 valence electrons. The summed E-state index contributed by atoms with van der Waals surface area (Å²) >= 11 is 0. The van der Waals surface area contributed by atoms with E-state index in [0.717, 1.165) is 28.3 Å². The molecule has 7 nitrogen and oxygen atoms in total. The van der Waals surface area contributed by atoms with Gasteiger partial charge in [-0.2, -0.15) is 5.26 Å². The van der Waals surface area contributed by atoms with Crippen LogP contribution in [-0.2, 0) is 13.0 Å². The molecule has 0 fully saturated rings. The highest BCUT2D eigenvalue weighted by Crippen LogP contribution is 2.30. The molecule has 0 unspecified atom stereocenters. The lowest BCUT2D eigenvalue weighted by Crippen LogP contribution is -2.05. The van der Waals surface area contributed by atoms with Crippen molar-refractivity contribution in [2.24, 2.45) is 0 Å². The fourth-order valence-electron chi connectivity index (χ4n) is 3.51. The van der Waals surface area contributed by atoms with E-state index in [1.54, 1.807) is 23.1 Å². The molecule has 5 rings (SSSR count). The first kappa shape index (κ1) is 17.1. The molecule has 0 amide bonds. The topological polar surface area (TPSA) is 81.6 Å². The van der Waals surface area contributed by atoms with Gasteiger partial charge in [0, 0.05) is 6.42 Å². The summed E-state index contributed by atoms with van der Waals surface area (Å²) in [5.41, 5.74) is 5.46. The number of aromatic nitrogens is 5. The third kappa shape index (κ3) is 2.84. The van der Waals surface area contributed by atoms with Crippen LogP contribution in [-0.4, -0.2) is 24.5 Å². The molecular formula is C21H15FN6O. The molecule has 3 heterocycles. The minimum absolute atomic E-state index is 0.179. The van der Waals surface area contributed by atoms with Crippen LogP contribution < -0.4 is 4.74 Å². The number of hydrogen-bond donors (Lipinski definition) is 0. The van der Waals surface area contributed by atoms with Crippen LogP contribution in [0, 0.1) is 24.1 Å². The second-order valence-electron chi connectivity index (χ2n) is 6.83. The van der Waals surface area contributed by atoms with Crippen molar-refractivity contribution in [3.8, 4) is 23.2 Å². The number of aryl methyl sites for hydroxylation is 1. The Morgan fingerprint density at radius 1 is 1.14 bits per heavy atom.